The summed E-state index contributed by atoms with van der Waals surface area (Å²) in [7, 11) is 0. The zero-order chi connectivity index (χ0) is 26.6. The van der Waals surface area contributed by atoms with Crippen LogP contribution in [0.2, 0.25) is 10.0 Å². The maximum absolute atomic E-state index is 13.3. The third kappa shape index (κ3) is 6.60. The van der Waals surface area contributed by atoms with E-state index in [1.165, 1.54) is 34.1 Å². The molecule has 37 heavy (non-hydrogen) atoms. The molecular formula is C22H15Cl2F3N6O2S2. The van der Waals surface area contributed by atoms with Gasteiger partial charge >= 0.3 is 6.18 Å². The molecule has 0 aliphatic heterocycles. The molecule has 4 aromatic rings. The highest BCUT2D eigenvalue weighted by Crippen LogP contribution is 2.32. The van der Waals surface area contributed by atoms with Crippen LogP contribution in [0.4, 0.5) is 18.3 Å². The fourth-order valence-electron chi connectivity index (χ4n) is 3.15. The van der Waals surface area contributed by atoms with Crippen molar-refractivity contribution in [1.82, 2.24) is 25.1 Å². The van der Waals surface area contributed by atoms with E-state index in [0.717, 1.165) is 23.9 Å². The third-order valence-electron chi connectivity index (χ3n) is 4.76. The zero-order valence-electron chi connectivity index (χ0n) is 18.4. The summed E-state index contributed by atoms with van der Waals surface area (Å²) in [5, 5.41) is 16.3. The van der Waals surface area contributed by atoms with Crippen LogP contribution in [0.1, 0.15) is 21.7 Å². The van der Waals surface area contributed by atoms with Crippen molar-refractivity contribution in [1.29, 1.82) is 0 Å². The van der Waals surface area contributed by atoms with Gasteiger partial charge < -0.3 is 10.6 Å². The van der Waals surface area contributed by atoms with Crippen LogP contribution in [0.25, 0.3) is 5.69 Å². The molecular weight excluding hydrogens is 572 g/mol. The van der Waals surface area contributed by atoms with Crippen molar-refractivity contribution >= 4 is 63.2 Å². The quantitative estimate of drug-likeness (QED) is 0.256. The average Bonchev–Trinajstić information content (AvgIpc) is 3.52. The van der Waals surface area contributed by atoms with Crippen molar-refractivity contribution in [2.24, 2.45) is 0 Å². The van der Waals surface area contributed by atoms with E-state index in [-0.39, 0.29) is 34.2 Å². The third-order valence-corrected chi connectivity index (χ3v) is 7.11. The second-order valence-electron chi connectivity index (χ2n) is 7.23. The van der Waals surface area contributed by atoms with E-state index >= 15 is 0 Å². The van der Waals surface area contributed by atoms with Crippen LogP contribution in [0, 0.1) is 0 Å². The molecule has 2 aromatic carbocycles. The first-order chi connectivity index (χ1) is 17.6. The summed E-state index contributed by atoms with van der Waals surface area (Å²) in [6.07, 6.45) is -3.14. The first kappa shape index (κ1) is 26.9. The number of nitrogens with zero attached hydrogens (tertiary/aromatic N) is 4. The topological polar surface area (TPSA) is 102 Å². The minimum absolute atomic E-state index is 0.0373. The molecule has 2 amide bonds. The Morgan fingerprint density at radius 2 is 1.86 bits per heavy atom. The predicted molar refractivity (Wildman–Crippen MR) is 135 cm³/mol. The first-order valence-corrected chi connectivity index (χ1v) is 12.9. The number of benzene rings is 2. The molecule has 8 nitrogen and oxygen atoms in total. The van der Waals surface area contributed by atoms with Crippen molar-refractivity contribution in [2.45, 2.75) is 17.9 Å². The molecule has 2 N–H and O–H groups in total. The smallest absolute Gasteiger partial charge is 0.345 e. The van der Waals surface area contributed by atoms with Gasteiger partial charge in [0.15, 0.2) is 16.1 Å². The van der Waals surface area contributed by atoms with Gasteiger partial charge in [0.2, 0.25) is 5.91 Å². The minimum Gasteiger partial charge on any atom is -0.345 e. The number of hydrogen-bond donors (Lipinski definition) is 2. The van der Waals surface area contributed by atoms with E-state index in [0.29, 0.717) is 15.8 Å². The Hall–Kier alpha value is -3.13. The van der Waals surface area contributed by atoms with E-state index in [2.05, 4.69) is 25.8 Å². The molecule has 2 aromatic heterocycles. The molecule has 0 aliphatic rings. The van der Waals surface area contributed by atoms with E-state index in [1.807, 2.05) is 0 Å². The van der Waals surface area contributed by atoms with Gasteiger partial charge in [0.05, 0.1) is 39.2 Å². The fraction of sp³-hybridized carbons (Fsp3) is 0.136. The molecule has 0 fully saturated rings. The number of carbonyl (C=O) groups is 2. The van der Waals surface area contributed by atoms with Crippen molar-refractivity contribution < 1.29 is 22.8 Å². The summed E-state index contributed by atoms with van der Waals surface area (Å²) in [5.74, 6) is -1.11. The number of carbonyl (C=O) groups excluding carboxylic acids is 2. The largest absolute Gasteiger partial charge is 0.417 e. The number of rotatable bonds is 8. The van der Waals surface area contributed by atoms with Gasteiger partial charge in [0.1, 0.15) is 0 Å². The number of anilines is 1. The van der Waals surface area contributed by atoms with E-state index < -0.39 is 23.2 Å². The Labute approximate surface area is 226 Å². The maximum Gasteiger partial charge on any atom is 0.417 e. The maximum atomic E-state index is 13.3. The molecule has 192 valence electrons. The molecule has 0 atom stereocenters. The summed E-state index contributed by atoms with van der Waals surface area (Å²) in [6, 6.07) is 9.18. The van der Waals surface area contributed by atoms with Crippen LogP contribution in [-0.2, 0) is 17.5 Å². The highest BCUT2D eigenvalue weighted by Gasteiger charge is 2.34. The standard InChI is InChI=1S/C22H15Cl2F3N6O2S2/c23-15-6-5-12(9-16(15)24)33-17(10-29-19(35)13-3-1-2-4-14(13)22(25,26)27)31-32-21(33)37-11-18(34)30-20-28-7-8-36-20/h1-9H,10-11H2,(H,29,35)(H,28,30,34). The van der Waals surface area contributed by atoms with Crippen molar-refractivity contribution in [3.05, 3.63) is 81.0 Å². The van der Waals surface area contributed by atoms with Gasteiger partial charge in [0, 0.05) is 11.6 Å². The van der Waals surface area contributed by atoms with Crippen LogP contribution in [0.3, 0.4) is 0 Å². The van der Waals surface area contributed by atoms with Gasteiger partial charge in [-0.15, -0.1) is 21.5 Å². The Bertz CT molecular complexity index is 1430. The molecule has 0 radical (unpaired) electrons. The van der Waals surface area contributed by atoms with Crippen LogP contribution >= 0.6 is 46.3 Å². The number of hydrogen-bond acceptors (Lipinski definition) is 7. The molecule has 15 heteroatoms. The number of nitrogens with one attached hydrogen (secondary N) is 2. The highest BCUT2D eigenvalue weighted by molar-refractivity contribution is 7.99. The van der Waals surface area contributed by atoms with Crippen LogP contribution < -0.4 is 10.6 Å². The summed E-state index contributed by atoms with van der Waals surface area (Å²) >= 11 is 14.5. The minimum atomic E-state index is -4.70. The van der Waals surface area contributed by atoms with Crippen molar-refractivity contribution in [3.63, 3.8) is 0 Å². The van der Waals surface area contributed by atoms with E-state index in [4.69, 9.17) is 23.2 Å². The summed E-state index contributed by atoms with van der Waals surface area (Å²) in [6.45, 7) is -0.260. The molecule has 0 spiro atoms. The van der Waals surface area contributed by atoms with Gasteiger partial charge in [0.25, 0.3) is 5.91 Å². The number of alkyl halides is 3. The average molecular weight is 587 g/mol. The lowest BCUT2D eigenvalue weighted by atomic mass is 10.1. The Balaban J connectivity index is 1.57. The lowest BCUT2D eigenvalue weighted by molar-refractivity contribution is -0.138. The molecule has 0 bridgehead atoms. The highest BCUT2D eigenvalue weighted by atomic mass is 35.5. The molecule has 0 unspecified atom stereocenters. The SMILES string of the molecule is O=C(CSc1nnc(CNC(=O)c2ccccc2C(F)(F)F)n1-c1ccc(Cl)c(Cl)c1)Nc1nccs1. The van der Waals surface area contributed by atoms with Crippen LogP contribution in [0.15, 0.2) is 59.2 Å². The first-order valence-electron chi connectivity index (χ1n) is 10.3. The fourth-order valence-corrected chi connectivity index (χ4v) is 4.75. The summed E-state index contributed by atoms with van der Waals surface area (Å²) in [5.41, 5.74) is -1.10. The number of thiazole rings is 1. The summed E-state index contributed by atoms with van der Waals surface area (Å²) in [4.78, 5) is 28.9. The predicted octanol–water partition coefficient (Wildman–Crippen LogP) is 5.71. The van der Waals surface area contributed by atoms with E-state index in [9.17, 15) is 22.8 Å². The normalized spacial score (nSPS) is 11.4. The summed E-state index contributed by atoms with van der Waals surface area (Å²) < 4.78 is 41.5. The molecule has 0 saturated heterocycles. The second-order valence-corrected chi connectivity index (χ2v) is 9.88. The number of amides is 2. The van der Waals surface area contributed by atoms with Crippen molar-refractivity contribution in [2.75, 3.05) is 11.1 Å². The zero-order valence-corrected chi connectivity index (χ0v) is 21.6. The Kier molecular flexibility index (Phi) is 8.37. The molecule has 0 saturated carbocycles. The molecule has 2 heterocycles. The second kappa shape index (κ2) is 11.5. The Morgan fingerprint density at radius 1 is 1.08 bits per heavy atom. The van der Waals surface area contributed by atoms with Gasteiger partial charge in [-0.25, -0.2) is 4.98 Å². The van der Waals surface area contributed by atoms with Gasteiger partial charge in [-0.3, -0.25) is 14.2 Å². The number of halogens is 5. The lowest BCUT2D eigenvalue weighted by Gasteiger charge is -2.14. The monoisotopic (exact) mass is 586 g/mol. The Morgan fingerprint density at radius 3 is 2.57 bits per heavy atom. The molecule has 0 aliphatic carbocycles. The van der Waals surface area contributed by atoms with E-state index in [1.54, 1.807) is 23.7 Å². The van der Waals surface area contributed by atoms with Gasteiger partial charge in [-0.2, -0.15) is 13.2 Å². The lowest BCUT2D eigenvalue weighted by Crippen LogP contribution is -2.27. The van der Waals surface area contributed by atoms with Crippen LogP contribution in [0.5, 0.6) is 0 Å². The van der Waals surface area contributed by atoms with Crippen LogP contribution in [-0.4, -0.2) is 37.3 Å². The van der Waals surface area contributed by atoms with Gasteiger partial charge in [-0.05, 0) is 30.3 Å². The molecule has 4 rings (SSSR count). The number of aromatic nitrogens is 4. The van der Waals surface area contributed by atoms with Gasteiger partial charge in [-0.1, -0.05) is 47.1 Å². The van der Waals surface area contributed by atoms with Crippen molar-refractivity contribution in [3.8, 4) is 5.69 Å². The number of thioether (sulfide) groups is 1.